The maximum Gasteiger partial charge on any atom is 0.229 e. The molecule has 1 aromatic heterocycles. The number of hydrogen-bond acceptors (Lipinski definition) is 3. The zero-order valence-electron chi connectivity index (χ0n) is 14.7. The zero-order chi connectivity index (χ0) is 16.3. The van der Waals surface area contributed by atoms with E-state index < -0.39 is 0 Å². The molecule has 6 rings (SSSR count). The van der Waals surface area contributed by atoms with Gasteiger partial charge in [0.1, 0.15) is 0 Å². The van der Waals surface area contributed by atoms with Crippen LogP contribution in [0.3, 0.4) is 0 Å². The number of aromatic nitrogens is 1. The van der Waals surface area contributed by atoms with Crippen LogP contribution in [-0.2, 0) is 11.2 Å². The van der Waals surface area contributed by atoms with Crippen molar-refractivity contribution in [1.29, 1.82) is 0 Å². The molecular weight excluding hydrogens is 300 g/mol. The van der Waals surface area contributed by atoms with Gasteiger partial charge in [0, 0.05) is 12.6 Å². The topological polar surface area (TPSA) is 46.3 Å². The van der Waals surface area contributed by atoms with E-state index >= 15 is 0 Å². The fourth-order valence-electron chi connectivity index (χ4n) is 6.63. The first-order chi connectivity index (χ1) is 11.7. The van der Waals surface area contributed by atoms with Gasteiger partial charge in [0.15, 0.2) is 5.76 Å². The van der Waals surface area contributed by atoms with Gasteiger partial charge in [0.05, 0.1) is 17.2 Å². The van der Waals surface area contributed by atoms with Crippen molar-refractivity contribution >= 4 is 5.91 Å². The van der Waals surface area contributed by atoms with Crippen molar-refractivity contribution < 1.29 is 9.32 Å². The molecule has 0 spiro atoms. The van der Waals surface area contributed by atoms with Gasteiger partial charge in [-0.05, 0) is 75.5 Å². The lowest BCUT2D eigenvalue weighted by Gasteiger charge is -2.56. The summed E-state index contributed by atoms with van der Waals surface area (Å²) in [6.07, 6.45) is 10.6. The minimum absolute atomic E-state index is 0.0368. The van der Waals surface area contributed by atoms with Gasteiger partial charge in [-0.2, -0.15) is 0 Å². The maximum absolute atomic E-state index is 13.6. The van der Waals surface area contributed by atoms with Crippen LogP contribution in [0.5, 0.6) is 0 Å². The molecule has 5 aliphatic rings. The SMILES string of the molecule is CCc1cc([C@H]2CCCN2C(=O)C23CC4CC(CC(C4)C2)C3)on1. The highest BCUT2D eigenvalue weighted by molar-refractivity contribution is 5.84. The van der Waals surface area contributed by atoms with Gasteiger partial charge in [0.25, 0.3) is 0 Å². The number of amides is 1. The number of likely N-dealkylation sites (tertiary alicyclic amines) is 1. The molecule has 0 N–H and O–H groups in total. The van der Waals surface area contributed by atoms with E-state index in [2.05, 4.69) is 23.0 Å². The summed E-state index contributed by atoms with van der Waals surface area (Å²) in [6.45, 7) is 2.99. The van der Waals surface area contributed by atoms with Gasteiger partial charge >= 0.3 is 0 Å². The highest BCUT2D eigenvalue weighted by Crippen LogP contribution is 2.61. The van der Waals surface area contributed by atoms with Crippen LogP contribution in [0, 0.1) is 23.2 Å². The van der Waals surface area contributed by atoms with Crippen LogP contribution in [0.2, 0.25) is 0 Å². The molecule has 4 heteroatoms. The Morgan fingerprint density at radius 2 is 1.92 bits per heavy atom. The number of hydrogen-bond donors (Lipinski definition) is 0. The third kappa shape index (κ3) is 2.18. The van der Waals surface area contributed by atoms with Gasteiger partial charge in [-0.1, -0.05) is 12.1 Å². The summed E-state index contributed by atoms with van der Waals surface area (Å²) in [5.74, 6) is 3.80. The zero-order valence-corrected chi connectivity index (χ0v) is 14.7. The maximum atomic E-state index is 13.6. The second-order valence-electron chi connectivity index (χ2n) is 8.93. The quantitative estimate of drug-likeness (QED) is 0.838. The number of rotatable bonds is 3. The minimum Gasteiger partial charge on any atom is -0.359 e. The summed E-state index contributed by atoms with van der Waals surface area (Å²) >= 11 is 0. The molecule has 130 valence electrons. The first-order valence-electron chi connectivity index (χ1n) is 9.93. The third-order valence-electron chi connectivity index (χ3n) is 7.27. The van der Waals surface area contributed by atoms with Gasteiger partial charge in [-0.25, -0.2) is 0 Å². The number of nitrogens with zero attached hydrogens (tertiary/aromatic N) is 2. The van der Waals surface area contributed by atoms with Crippen LogP contribution in [0.4, 0.5) is 0 Å². The Balaban J connectivity index is 1.41. The lowest BCUT2D eigenvalue weighted by atomic mass is 9.49. The molecule has 0 aromatic carbocycles. The monoisotopic (exact) mass is 328 g/mol. The summed E-state index contributed by atoms with van der Waals surface area (Å²) in [6, 6.07) is 2.19. The van der Waals surface area contributed by atoms with Crippen LogP contribution >= 0.6 is 0 Å². The molecule has 4 aliphatic carbocycles. The molecule has 1 atom stereocenters. The molecule has 5 fully saturated rings. The molecule has 0 radical (unpaired) electrons. The van der Waals surface area contributed by atoms with E-state index in [1.807, 2.05) is 0 Å². The molecule has 1 amide bonds. The van der Waals surface area contributed by atoms with Crippen molar-refractivity contribution in [3.05, 3.63) is 17.5 Å². The average Bonchev–Trinajstić information content (AvgIpc) is 3.21. The van der Waals surface area contributed by atoms with Gasteiger partial charge < -0.3 is 9.42 Å². The van der Waals surface area contributed by atoms with Crippen LogP contribution in [0.15, 0.2) is 10.6 Å². The highest BCUT2D eigenvalue weighted by Gasteiger charge is 2.56. The molecule has 2 heterocycles. The van der Waals surface area contributed by atoms with Gasteiger partial charge in [-0.3, -0.25) is 4.79 Å². The molecule has 1 aromatic rings. The minimum atomic E-state index is -0.0368. The second-order valence-corrected chi connectivity index (χ2v) is 8.93. The largest absolute Gasteiger partial charge is 0.359 e. The van der Waals surface area contributed by atoms with E-state index in [4.69, 9.17) is 4.52 Å². The molecule has 4 bridgehead atoms. The van der Waals surface area contributed by atoms with Crippen molar-refractivity contribution in [2.45, 2.75) is 70.8 Å². The van der Waals surface area contributed by atoms with E-state index in [9.17, 15) is 4.79 Å². The fraction of sp³-hybridized carbons (Fsp3) is 0.800. The lowest BCUT2D eigenvalue weighted by Crippen LogP contribution is -2.54. The second kappa shape index (κ2) is 5.34. The normalized spacial score (nSPS) is 40.5. The fourth-order valence-corrected chi connectivity index (χ4v) is 6.63. The lowest BCUT2D eigenvalue weighted by molar-refractivity contribution is -0.159. The first kappa shape index (κ1) is 15.0. The van der Waals surface area contributed by atoms with Crippen molar-refractivity contribution in [3.8, 4) is 0 Å². The molecule has 4 saturated carbocycles. The van der Waals surface area contributed by atoms with Crippen molar-refractivity contribution in [3.63, 3.8) is 0 Å². The molecule has 1 aliphatic heterocycles. The summed E-state index contributed by atoms with van der Waals surface area (Å²) in [5.41, 5.74) is 0.962. The predicted molar refractivity (Wildman–Crippen MR) is 90.2 cm³/mol. The predicted octanol–water partition coefficient (Wildman–Crippen LogP) is 4.12. The van der Waals surface area contributed by atoms with E-state index in [-0.39, 0.29) is 11.5 Å². The molecule has 24 heavy (non-hydrogen) atoms. The van der Waals surface area contributed by atoms with E-state index in [1.165, 1.54) is 19.3 Å². The Bertz CT molecular complexity index is 615. The average molecular weight is 328 g/mol. The smallest absolute Gasteiger partial charge is 0.229 e. The Labute approximate surface area is 143 Å². The van der Waals surface area contributed by atoms with Crippen LogP contribution in [0.1, 0.15) is 75.8 Å². The molecule has 0 unspecified atom stereocenters. The summed E-state index contributed by atoms with van der Waals surface area (Å²) in [5, 5.41) is 4.15. The molecule has 1 saturated heterocycles. The Morgan fingerprint density at radius 1 is 1.25 bits per heavy atom. The van der Waals surface area contributed by atoms with Crippen LogP contribution in [0.25, 0.3) is 0 Å². The molecule has 4 nitrogen and oxygen atoms in total. The Hall–Kier alpha value is -1.32. The number of aryl methyl sites for hydroxylation is 1. The molecular formula is C20H28N2O2. The van der Waals surface area contributed by atoms with Gasteiger partial charge in [0.2, 0.25) is 5.91 Å². The summed E-state index contributed by atoms with van der Waals surface area (Å²) < 4.78 is 5.59. The van der Waals surface area contributed by atoms with Crippen molar-refractivity contribution in [2.75, 3.05) is 6.54 Å². The Morgan fingerprint density at radius 3 is 2.50 bits per heavy atom. The van der Waals surface area contributed by atoms with Gasteiger partial charge in [-0.15, -0.1) is 0 Å². The Kier molecular flexibility index (Phi) is 3.33. The first-order valence-corrected chi connectivity index (χ1v) is 9.93. The number of carbonyl (C=O) groups excluding carboxylic acids is 1. The van der Waals surface area contributed by atoms with Crippen LogP contribution < -0.4 is 0 Å². The van der Waals surface area contributed by atoms with Crippen molar-refractivity contribution in [1.82, 2.24) is 10.1 Å². The third-order valence-corrected chi connectivity index (χ3v) is 7.27. The van der Waals surface area contributed by atoms with E-state index in [1.54, 1.807) is 0 Å². The summed E-state index contributed by atoms with van der Waals surface area (Å²) in [4.78, 5) is 15.8. The highest BCUT2D eigenvalue weighted by atomic mass is 16.5. The summed E-state index contributed by atoms with van der Waals surface area (Å²) in [7, 11) is 0. The van der Waals surface area contributed by atoms with E-state index in [0.29, 0.717) is 5.91 Å². The number of carbonyl (C=O) groups is 1. The van der Waals surface area contributed by atoms with Crippen molar-refractivity contribution in [2.24, 2.45) is 23.2 Å². The van der Waals surface area contributed by atoms with Crippen LogP contribution in [-0.4, -0.2) is 22.5 Å². The van der Waals surface area contributed by atoms with E-state index in [0.717, 1.165) is 74.3 Å². The standard InChI is InChI=1S/C20H28N2O2/c1-2-16-9-18(24-21-16)17-4-3-5-22(17)19(23)20-10-13-6-14(11-20)8-15(7-13)12-20/h9,13-15,17H,2-8,10-12H2,1H3/t13?,14?,15?,17-,20?/m1/s1.